The summed E-state index contributed by atoms with van der Waals surface area (Å²) in [5.41, 5.74) is 1.83. The van der Waals surface area contributed by atoms with Gasteiger partial charge in [0.25, 0.3) is 0 Å². The molecule has 0 atom stereocenters. The molecule has 0 radical (unpaired) electrons. The highest BCUT2D eigenvalue weighted by Gasteiger charge is 2.08. The average molecular weight is 297 g/mol. The molecule has 4 nitrogen and oxygen atoms in total. The first-order valence-electron chi connectivity index (χ1n) is 5.11. The van der Waals surface area contributed by atoms with E-state index < -0.39 is 0 Å². The summed E-state index contributed by atoms with van der Waals surface area (Å²) < 4.78 is 12.3. The van der Waals surface area contributed by atoms with Crippen molar-refractivity contribution in [2.75, 3.05) is 14.2 Å². The fraction of sp³-hybridized carbons (Fsp3) is 0.250. The van der Waals surface area contributed by atoms with Gasteiger partial charge in [0.05, 0.1) is 19.9 Å². The molecule has 0 unspecified atom stereocenters. The molecule has 0 saturated heterocycles. The van der Waals surface area contributed by atoms with E-state index in [0.29, 0.717) is 0 Å². The number of hydrogen-bond donors (Lipinski definition) is 0. The number of methoxy groups -OCH3 is 2. The van der Waals surface area contributed by atoms with Gasteiger partial charge in [0.15, 0.2) is 0 Å². The summed E-state index contributed by atoms with van der Waals surface area (Å²) in [6.45, 7) is 0. The topological polar surface area (TPSA) is 36.3 Å². The summed E-state index contributed by atoms with van der Waals surface area (Å²) in [6, 6.07) is 7.57. The first kappa shape index (κ1) is 12.0. The molecule has 1 heterocycles. The molecule has 17 heavy (non-hydrogen) atoms. The van der Waals surface area contributed by atoms with Crippen LogP contribution in [-0.2, 0) is 5.33 Å². The summed E-state index contributed by atoms with van der Waals surface area (Å²) in [7, 11) is 3.28. The number of alkyl halides is 1. The third-order valence-corrected chi connectivity index (χ3v) is 2.99. The van der Waals surface area contributed by atoms with Crippen LogP contribution in [0.25, 0.3) is 5.69 Å². The zero-order chi connectivity index (χ0) is 12.3. The van der Waals surface area contributed by atoms with Crippen molar-refractivity contribution in [1.82, 2.24) is 9.78 Å². The van der Waals surface area contributed by atoms with Gasteiger partial charge in [-0.2, -0.15) is 5.10 Å². The fourth-order valence-corrected chi connectivity index (χ4v) is 1.84. The smallest absolute Gasteiger partial charge is 0.144 e. The van der Waals surface area contributed by atoms with Crippen LogP contribution in [0.1, 0.15) is 5.69 Å². The van der Waals surface area contributed by atoms with Crippen LogP contribution in [-0.4, -0.2) is 24.0 Å². The van der Waals surface area contributed by atoms with E-state index in [1.807, 2.05) is 30.5 Å². The lowest BCUT2D eigenvalue weighted by atomic mass is 10.2. The Morgan fingerprint density at radius 2 is 2.06 bits per heavy atom. The average Bonchev–Trinajstić information content (AvgIpc) is 2.86. The maximum absolute atomic E-state index is 5.31. The summed E-state index contributed by atoms with van der Waals surface area (Å²) >= 11 is 3.38. The second-order valence-corrected chi connectivity index (χ2v) is 3.98. The normalized spacial score (nSPS) is 10.3. The molecule has 1 aromatic carbocycles. The van der Waals surface area contributed by atoms with Crippen LogP contribution in [0.5, 0.6) is 11.5 Å². The van der Waals surface area contributed by atoms with Crippen molar-refractivity contribution < 1.29 is 9.47 Å². The molecule has 0 aliphatic rings. The van der Waals surface area contributed by atoms with Gasteiger partial charge in [-0.25, -0.2) is 4.68 Å². The van der Waals surface area contributed by atoms with Crippen molar-refractivity contribution in [3.63, 3.8) is 0 Å². The molecule has 0 amide bonds. The van der Waals surface area contributed by atoms with E-state index in [9.17, 15) is 0 Å². The lowest BCUT2D eigenvalue weighted by Gasteiger charge is -2.10. The van der Waals surface area contributed by atoms with Crippen molar-refractivity contribution in [3.05, 3.63) is 36.2 Å². The molecular weight excluding hydrogens is 284 g/mol. The standard InChI is InChI=1S/C12H13BrN2O2/c1-16-10-3-4-12(17-2)11(7-10)15-6-5-9(8-13)14-15/h3-7H,8H2,1-2H3. The lowest BCUT2D eigenvalue weighted by Crippen LogP contribution is -2.00. The molecule has 0 spiro atoms. The van der Waals surface area contributed by atoms with Crippen LogP contribution >= 0.6 is 15.9 Å². The molecule has 0 N–H and O–H groups in total. The van der Waals surface area contributed by atoms with Crippen LogP contribution in [0.4, 0.5) is 0 Å². The number of ether oxygens (including phenoxy) is 2. The van der Waals surface area contributed by atoms with Gasteiger partial charge in [-0.05, 0) is 18.2 Å². The molecule has 90 valence electrons. The van der Waals surface area contributed by atoms with Gasteiger partial charge < -0.3 is 9.47 Å². The zero-order valence-corrected chi connectivity index (χ0v) is 11.3. The van der Waals surface area contributed by atoms with Gasteiger partial charge in [0, 0.05) is 17.6 Å². The summed E-state index contributed by atoms with van der Waals surface area (Å²) in [4.78, 5) is 0. The molecular formula is C12H13BrN2O2. The maximum Gasteiger partial charge on any atom is 0.144 e. The predicted octanol–water partition coefficient (Wildman–Crippen LogP) is 2.78. The predicted molar refractivity (Wildman–Crippen MR) is 69.3 cm³/mol. The Bertz CT molecular complexity index is 511. The molecule has 0 aliphatic heterocycles. The molecule has 0 fully saturated rings. The Morgan fingerprint density at radius 1 is 1.24 bits per heavy atom. The van der Waals surface area contributed by atoms with E-state index in [0.717, 1.165) is 28.2 Å². The Kier molecular flexibility index (Phi) is 3.68. The van der Waals surface area contributed by atoms with Gasteiger partial charge in [-0.15, -0.1) is 0 Å². The second kappa shape index (κ2) is 5.23. The van der Waals surface area contributed by atoms with Crippen LogP contribution in [0, 0.1) is 0 Å². The Balaban J connectivity index is 2.47. The quantitative estimate of drug-likeness (QED) is 0.814. The first-order valence-corrected chi connectivity index (χ1v) is 6.23. The van der Waals surface area contributed by atoms with Gasteiger partial charge in [-0.1, -0.05) is 15.9 Å². The zero-order valence-electron chi connectivity index (χ0n) is 9.68. The second-order valence-electron chi connectivity index (χ2n) is 3.42. The fourth-order valence-electron chi connectivity index (χ4n) is 1.54. The minimum Gasteiger partial charge on any atom is -0.497 e. The molecule has 5 heteroatoms. The van der Waals surface area contributed by atoms with Gasteiger partial charge in [0.1, 0.15) is 17.2 Å². The van der Waals surface area contributed by atoms with Crippen molar-refractivity contribution in [3.8, 4) is 17.2 Å². The molecule has 0 saturated carbocycles. The number of rotatable bonds is 4. The van der Waals surface area contributed by atoms with E-state index in [-0.39, 0.29) is 0 Å². The number of benzene rings is 1. The van der Waals surface area contributed by atoms with Crippen molar-refractivity contribution in [2.45, 2.75) is 5.33 Å². The summed E-state index contributed by atoms with van der Waals surface area (Å²) in [5.74, 6) is 1.53. The Morgan fingerprint density at radius 3 is 2.65 bits per heavy atom. The van der Waals surface area contributed by atoms with E-state index in [1.165, 1.54) is 0 Å². The summed E-state index contributed by atoms with van der Waals surface area (Å²) in [5, 5.41) is 5.15. The maximum atomic E-state index is 5.31. The van der Waals surface area contributed by atoms with Crippen molar-refractivity contribution in [2.24, 2.45) is 0 Å². The van der Waals surface area contributed by atoms with E-state index in [2.05, 4.69) is 21.0 Å². The molecule has 1 aromatic heterocycles. The number of aromatic nitrogens is 2. The third kappa shape index (κ3) is 2.44. The highest BCUT2D eigenvalue weighted by molar-refractivity contribution is 9.08. The van der Waals surface area contributed by atoms with E-state index in [4.69, 9.17) is 9.47 Å². The van der Waals surface area contributed by atoms with Gasteiger partial charge in [-0.3, -0.25) is 0 Å². The minimum absolute atomic E-state index is 0.728. The number of halogens is 1. The minimum atomic E-state index is 0.728. The summed E-state index contributed by atoms with van der Waals surface area (Å²) in [6.07, 6.45) is 1.90. The van der Waals surface area contributed by atoms with E-state index in [1.54, 1.807) is 18.9 Å². The monoisotopic (exact) mass is 296 g/mol. The van der Waals surface area contributed by atoms with E-state index >= 15 is 0 Å². The van der Waals surface area contributed by atoms with Crippen LogP contribution in [0.15, 0.2) is 30.5 Å². The molecule has 0 aliphatic carbocycles. The van der Waals surface area contributed by atoms with Crippen LogP contribution in [0.2, 0.25) is 0 Å². The SMILES string of the molecule is COc1ccc(OC)c(-n2ccc(CBr)n2)c1. The Labute approximate surface area is 108 Å². The van der Waals surface area contributed by atoms with Crippen molar-refractivity contribution >= 4 is 15.9 Å². The first-order chi connectivity index (χ1) is 8.28. The molecule has 0 bridgehead atoms. The van der Waals surface area contributed by atoms with Crippen molar-refractivity contribution in [1.29, 1.82) is 0 Å². The highest BCUT2D eigenvalue weighted by Crippen LogP contribution is 2.27. The highest BCUT2D eigenvalue weighted by atomic mass is 79.9. The van der Waals surface area contributed by atoms with Gasteiger partial charge >= 0.3 is 0 Å². The Hall–Kier alpha value is -1.49. The number of nitrogens with zero attached hydrogens (tertiary/aromatic N) is 2. The lowest BCUT2D eigenvalue weighted by molar-refractivity contribution is 0.400. The third-order valence-electron chi connectivity index (χ3n) is 2.41. The molecule has 2 rings (SSSR count). The molecule has 2 aromatic rings. The largest absolute Gasteiger partial charge is 0.497 e. The van der Waals surface area contributed by atoms with Crippen LogP contribution < -0.4 is 9.47 Å². The number of hydrogen-bond acceptors (Lipinski definition) is 3. The van der Waals surface area contributed by atoms with Crippen LogP contribution in [0.3, 0.4) is 0 Å². The van der Waals surface area contributed by atoms with Gasteiger partial charge in [0.2, 0.25) is 0 Å².